The highest BCUT2D eigenvalue weighted by atomic mass is 16.5. The van der Waals surface area contributed by atoms with E-state index in [2.05, 4.69) is 0 Å². The molecular weight excluding hydrogens is 482 g/mol. The maximum Gasteiger partial charge on any atom is 0.295 e. The maximum atomic E-state index is 13.2. The highest BCUT2D eigenvalue weighted by Crippen LogP contribution is 2.40. The molecule has 0 radical (unpaired) electrons. The molecule has 1 aliphatic rings. The summed E-state index contributed by atoms with van der Waals surface area (Å²) in [5, 5.41) is 11.3. The number of hydrogen-bond acceptors (Lipinski definition) is 6. The summed E-state index contributed by atoms with van der Waals surface area (Å²) in [6.07, 6.45) is 0. The van der Waals surface area contributed by atoms with Crippen LogP contribution in [0.4, 0.5) is 0 Å². The average molecular weight is 516 g/mol. The van der Waals surface area contributed by atoms with E-state index >= 15 is 0 Å². The van der Waals surface area contributed by atoms with Gasteiger partial charge in [-0.1, -0.05) is 36.4 Å². The summed E-state index contributed by atoms with van der Waals surface area (Å²) in [4.78, 5) is 27.7. The summed E-state index contributed by atoms with van der Waals surface area (Å²) < 4.78 is 16.8. The van der Waals surface area contributed by atoms with Gasteiger partial charge in [0.25, 0.3) is 11.7 Å². The Hall–Kier alpha value is -4.10. The van der Waals surface area contributed by atoms with E-state index in [1.165, 1.54) is 12.0 Å². The van der Waals surface area contributed by atoms with Gasteiger partial charge in [-0.2, -0.15) is 0 Å². The van der Waals surface area contributed by atoms with Gasteiger partial charge in [-0.15, -0.1) is 0 Å². The SMILES string of the molecule is CCOc1ccc(/C(O)=C2/C(=O)C(=O)N(CCOC)C2c2ccc(OCc3ccccc3C)cc2)cc1C. The van der Waals surface area contributed by atoms with E-state index in [1.54, 1.807) is 18.2 Å². The Morgan fingerprint density at radius 1 is 0.947 bits per heavy atom. The number of methoxy groups -OCH3 is 1. The first-order valence-electron chi connectivity index (χ1n) is 12.6. The van der Waals surface area contributed by atoms with E-state index < -0.39 is 17.7 Å². The number of ether oxygens (including phenoxy) is 3. The highest BCUT2D eigenvalue weighted by Gasteiger charge is 2.45. The number of amides is 1. The van der Waals surface area contributed by atoms with E-state index in [4.69, 9.17) is 14.2 Å². The zero-order valence-corrected chi connectivity index (χ0v) is 22.2. The van der Waals surface area contributed by atoms with Gasteiger partial charge in [0.15, 0.2) is 0 Å². The number of aliphatic hydroxyl groups is 1. The Labute approximate surface area is 223 Å². The molecule has 1 amide bonds. The number of benzene rings is 3. The second-order valence-electron chi connectivity index (χ2n) is 9.18. The first-order valence-corrected chi connectivity index (χ1v) is 12.6. The number of aliphatic hydroxyl groups excluding tert-OH is 1. The van der Waals surface area contributed by atoms with Crippen LogP contribution in [-0.4, -0.2) is 48.6 Å². The number of nitrogens with zero attached hydrogens (tertiary/aromatic N) is 1. The lowest BCUT2D eigenvalue weighted by Gasteiger charge is -2.25. The number of hydrogen-bond donors (Lipinski definition) is 1. The molecule has 0 spiro atoms. The molecule has 198 valence electrons. The van der Waals surface area contributed by atoms with E-state index in [-0.39, 0.29) is 24.5 Å². The number of likely N-dealkylation sites (tertiary alicyclic amines) is 1. The van der Waals surface area contributed by atoms with E-state index in [0.29, 0.717) is 35.8 Å². The third-order valence-corrected chi connectivity index (χ3v) is 6.68. The first kappa shape index (κ1) is 26.9. The summed E-state index contributed by atoms with van der Waals surface area (Å²) in [7, 11) is 1.54. The van der Waals surface area contributed by atoms with Crippen molar-refractivity contribution in [3.63, 3.8) is 0 Å². The van der Waals surface area contributed by atoms with Crippen LogP contribution in [0.15, 0.2) is 72.3 Å². The van der Waals surface area contributed by atoms with Crippen molar-refractivity contribution in [1.82, 2.24) is 4.90 Å². The quantitative estimate of drug-likeness (QED) is 0.223. The van der Waals surface area contributed by atoms with E-state index in [9.17, 15) is 14.7 Å². The normalized spacial score (nSPS) is 16.6. The molecule has 0 bridgehead atoms. The standard InChI is InChI=1S/C31H33NO6/c1-5-37-26-15-12-23(18-21(26)3)29(33)27-28(32(16-17-36-4)31(35)30(27)34)22-10-13-25(14-11-22)38-19-24-9-7-6-8-20(24)2/h6-15,18,28,33H,5,16-17,19H2,1-4H3/b29-27-. The smallest absolute Gasteiger partial charge is 0.295 e. The van der Waals surface area contributed by atoms with Crippen LogP contribution in [0.2, 0.25) is 0 Å². The molecule has 0 saturated carbocycles. The first-order chi connectivity index (χ1) is 18.3. The van der Waals surface area contributed by atoms with Crippen molar-refractivity contribution in [2.45, 2.75) is 33.4 Å². The van der Waals surface area contributed by atoms with Gasteiger partial charge in [-0.25, -0.2) is 0 Å². The molecule has 1 N–H and O–H groups in total. The van der Waals surface area contributed by atoms with Crippen LogP contribution in [0.3, 0.4) is 0 Å². The zero-order valence-electron chi connectivity index (χ0n) is 22.2. The topological polar surface area (TPSA) is 85.3 Å². The van der Waals surface area contributed by atoms with Gasteiger partial charge in [-0.3, -0.25) is 9.59 Å². The number of carbonyl (C=O) groups is 2. The predicted molar refractivity (Wildman–Crippen MR) is 145 cm³/mol. The van der Waals surface area contributed by atoms with Crippen LogP contribution in [0, 0.1) is 13.8 Å². The van der Waals surface area contributed by atoms with Crippen molar-refractivity contribution < 1.29 is 28.9 Å². The van der Waals surface area contributed by atoms with Crippen LogP contribution < -0.4 is 9.47 Å². The minimum atomic E-state index is -0.762. The Balaban J connectivity index is 1.68. The molecule has 1 unspecified atom stereocenters. The zero-order chi connectivity index (χ0) is 27.2. The fourth-order valence-corrected chi connectivity index (χ4v) is 4.60. The minimum absolute atomic E-state index is 0.0447. The predicted octanol–water partition coefficient (Wildman–Crippen LogP) is 5.35. The van der Waals surface area contributed by atoms with Crippen molar-refractivity contribution in [3.8, 4) is 11.5 Å². The monoisotopic (exact) mass is 515 g/mol. The summed E-state index contributed by atoms with van der Waals surface area (Å²) in [5.74, 6) is -0.263. The largest absolute Gasteiger partial charge is 0.507 e. The number of carbonyl (C=O) groups excluding carboxylic acids is 2. The van der Waals surface area contributed by atoms with Crippen LogP contribution in [0.5, 0.6) is 11.5 Å². The van der Waals surface area contributed by atoms with Crippen LogP contribution in [0.1, 0.15) is 40.8 Å². The number of Topliss-reactive ketones (excluding diaryl/α,β-unsaturated/α-hetero) is 1. The lowest BCUT2D eigenvalue weighted by molar-refractivity contribution is -0.140. The van der Waals surface area contributed by atoms with E-state index in [1.807, 2.05) is 69.3 Å². The molecule has 1 heterocycles. The molecule has 1 aliphatic heterocycles. The molecule has 3 aromatic rings. The number of aryl methyl sites for hydroxylation is 2. The van der Waals surface area contributed by atoms with Crippen LogP contribution >= 0.6 is 0 Å². The lowest BCUT2D eigenvalue weighted by atomic mass is 9.94. The van der Waals surface area contributed by atoms with Crippen molar-refractivity contribution >= 4 is 17.4 Å². The third kappa shape index (κ3) is 5.58. The van der Waals surface area contributed by atoms with Gasteiger partial charge < -0.3 is 24.2 Å². The Morgan fingerprint density at radius 2 is 1.68 bits per heavy atom. The van der Waals surface area contributed by atoms with Crippen LogP contribution in [0.25, 0.3) is 5.76 Å². The number of ketones is 1. The van der Waals surface area contributed by atoms with Crippen LogP contribution in [-0.2, 0) is 20.9 Å². The number of rotatable bonds is 10. The highest BCUT2D eigenvalue weighted by molar-refractivity contribution is 6.46. The lowest BCUT2D eigenvalue weighted by Crippen LogP contribution is -2.32. The minimum Gasteiger partial charge on any atom is -0.507 e. The van der Waals surface area contributed by atoms with Gasteiger partial charge in [0.2, 0.25) is 0 Å². The molecule has 7 nitrogen and oxygen atoms in total. The van der Waals surface area contributed by atoms with Crippen molar-refractivity contribution in [2.24, 2.45) is 0 Å². The fourth-order valence-electron chi connectivity index (χ4n) is 4.60. The van der Waals surface area contributed by atoms with Gasteiger partial charge in [0.1, 0.15) is 23.9 Å². The molecule has 0 aliphatic carbocycles. The Morgan fingerprint density at radius 3 is 2.34 bits per heavy atom. The molecule has 38 heavy (non-hydrogen) atoms. The summed E-state index contributed by atoms with van der Waals surface area (Å²) in [6.45, 7) is 7.20. The molecule has 7 heteroatoms. The molecule has 1 atom stereocenters. The van der Waals surface area contributed by atoms with Gasteiger partial charge >= 0.3 is 0 Å². The van der Waals surface area contributed by atoms with Crippen molar-refractivity contribution in [2.75, 3.05) is 26.9 Å². The van der Waals surface area contributed by atoms with Gasteiger partial charge in [0.05, 0.1) is 24.8 Å². The third-order valence-electron chi connectivity index (χ3n) is 6.68. The Bertz CT molecular complexity index is 1340. The summed E-state index contributed by atoms with van der Waals surface area (Å²) >= 11 is 0. The summed E-state index contributed by atoms with van der Waals surface area (Å²) in [6, 6.07) is 19.7. The summed E-state index contributed by atoms with van der Waals surface area (Å²) in [5.41, 5.74) is 4.23. The molecule has 0 aromatic heterocycles. The molecule has 4 rings (SSSR count). The fraction of sp³-hybridized carbons (Fsp3) is 0.290. The second kappa shape index (κ2) is 12.0. The second-order valence-corrected chi connectivity index (χ2v) is 9.18. The molecule has 3 aromatic carbocycles. The molecule has 1 saturated heterocycles. The molecule has 1 fully saturated rings. The maximum absolute atomic E-state index is 13.2. The van der Waals surface area contributed by atoms with Crippen molar-refractivity contribution in [3.05, 3.63) is 100 Å². The van der Waals surface area contributed by atoms with E-state index in [0.717, 1.165) is 16.7 Å². The average Bonchev–Trinajstić information content (AvgIpc) is 3.17. The Kier molecular flexibility index (Phi) is 8.48. The van der Waals surface area contributed by atoms with Crippen molar-refractivity contribution in [1.29, 1.82) is 0 Å². The van der Waals surface area contributed by atoms with Gasteiger partial charge in [0, 0.05) is 19.2 Å². The van der Waals surface area contributed by atoms with Gasteiger partial charge in [-0.05, 0) is 73.4 Å². The molecular formula is C31H33NO6.